The van der Waals surface area contributed by atoms with Crippen LogP contribution in [0.25, 0.3) is 0 Å². The number of hydrogen-bond donors (Lipinski definition) is 2. The van der Waals surface area contributed by atoms with Crippen LogP contribution < -0.4 is 19.7 Å². The normalized spacial score (nSPS) is 32.3. The summed E-state index contributed by atoms with van der Waals surface area (Å²) >= 11 is 0. The maximum Gasteiger partial charge on any atom is 0.279 e. The number of nitrogens with one attached hydrogen (secondary N) is 2. The molecule has 2 fully saturated rings. The maximum absolute atomic E-state index is 12.6. The average molecular weight is 345 g/mol. The van der Waals surface area contributed by atoms with E-state index in [2.05, 4.69) is 26.1 Å². The van der Waals surface area contributed by atoms with Gasteiger partial charge >= 0.3 is 0 Å². The molecule has 25 heavy (non-hydrogen) atoms. The highest BCUT2D eigenvalue weighted by molar-refractivity contribution is 5.91. The molecule has 1 saturated heterocycles. The molecule has 5 heteroatoms. The predicted molar refractivity (Wildman–Crippen MR) is 96.3 cm³/mol. The zero-order valence-electron chi connectivity index (χ0n) is 15.5. The van der Waals surface area contributed by atoms with Crippen LogP contribution in [-0.2, 0) is 4.79 Å². The molecule has 136 valence electrons. The average Bonchev–Trinajstić information content (AvgIpc) is 2.75. The summed E-state index contributed by atoms with van der Waals surface area (Å²) in [6, 6.07) is 6.21. The van der Waals surface area contributed by atoms with Crippen molar-refractivity contribution in [3.05, 3.63) is 18.2 Å². The summed E-state index contributed by atoms with van der Waals surface area (Å²) in [4.78, 5) is 14.0. The van der Waals surface area contributed by atoms with Gasteiger partial charge in [0.15, 0.2) is 18.0 Å². The number of benzene rings is 1. The molecule has 1 saturated carbocycles. The number of fused-ring (bicyclic) bond motifs is 3. The van der Waals surface area contributed by atoms with Gasteiger partial charge in [-0.15, -0.1) is 0 Å². The molecule has 3 aliphatic rings. The first-order valence-electron chi connectivity index (χ1n) is 9.36. The van der Waals surface area contributed by atoms with Gasteiger partial charge in [0.25, 0.3) is 5.91 Å². The Labute approximate surface area is 149 Å². The number of amides is 1. The van der Waals surface area contributed by atoms with Gasteiger partial charge in [0.1, 0.15) is 13.2 Å². The van der Waals surface area contributed by atoms with E-state index in [4.69, 9.17) is 9.47 Å². The van der Waals surface area contributed by atoms with Crippen molar-refractivity contribution in [2.24, 2.45) is 10.8 Å². The lowest BCUT2D eigenvalue weighted by Crippen LogP contribution is -3.15. The standard InChI is InChI=1S/C20H28N2O3/c1-19(2)9-15-10-20(3,12-19)13-22(15)11-18(23)21-14-4-5-16-17(8-14)25-7-6-24-16/h4-5,8,15H,6-7,9-13H2,1-3H3,(H,21,23)/p+1/t15-,20-/m1/s1. The Balaban J connectivity index is 1.40. The molecule has 0 aromatic heterocycles. The minimum atomic E-state index is 0.0839. The lowest BCUT2D eigenvalue weighted by molar-refractivity contribution is -0.906. The Bertz CT molecular complexity index is 688. The van der Waals surface area contributed by atoms with Gasteiger partial charge in [-0.05, 0) is 24.0 Å². The number of carbonyl (C=O) groups is 1. The van der Waals surface area contributed by atoms with Crippen molar-refractivity contribution in [2.45, 2.75) is 46.1 Å². The third-order valence-corrected chi connectivity index (χ3v) is 5.89. The van der Waals surface area contributed by atoms with Crippen molar-refractivity contribution in [2.75, 3.05) is 31.6 Å². The summed E-state index contributed by atoms with van der Waals surface area (Å²) in [5.74, 6) is 1.54. The zero-order valence-corrected chi connectivity index (χ0v) is 15.5. The molecule has 1 aliphatic carbocycles. The summed E-state index contributed by atoms with van der Waals surface area (Å²) in [5, 5.41) is 3.04. The lowest BCUT2D eigenvalue weighted by atomic mass is 9.65. The van der Waals surface area contributed by atoms with Crippen LogP contribution in [0.15, 0.2) is 18.2 Å². The van der Waals surface area contributed by atoms with Crippen LogP contribution in [0.4, 0.5) is 5.69 Å². The van der Waals surface area contributed by atoms with E-state index in [1.807, 2.05) is 18.2 Å². The fraction of sp³-hybridized carbons (Fsp3) is 0.650. The Hall–Kier alpha value is -1.75. The van der Waals surface area contributed by atoms with Gasteiger partial charge in [-0.2, -0.15) is 0 Å². The van der Waals surface area contributed by atoms with Gasteiger partial charge in [-0.1, -0.05) is 20.8 Å². The van der Waals surface area contributed by atoms with Gasteiger partial charge in [0.2, 0.25) is 0 Å². The number of carbonyl (C=O) groups excluding carboxylic acids is 1. The Morgan fingerprint density at radius 3 is 2.76 bits per heavy atom. The van der Waals surface area contributed by atoms with Crippen molar-refractivity contribution in [1.29, 1.82) is 0 Å². The summed E-state index contributed by atoms with van der Waals surface area (Å²) in [7, 11) is 0. The van der Waals surface area contributed by atoms with Gasteiger partial charge < -0.3 is 19.7 Å². The van der Waals surface area contributed by atoms with Crippen molar-refractivity contribution in [3.63, 3.8) is 0 Å². The first-order chi connectivity index (χ1) is 11.8. The Morgan fingerprint density at radius 2 is 1.96 bits per heavy atom. The smallest absolute Gasteiger partial charge is 0.279 e. The van der Waals surface area contributed by atoms with Crippen molar-refractivity contribution < 1.29 is 19.2 Å². The van der Waals surface area contributed by atoms with Crippen LogP contribution in [0.3, 0.4) is 0 Å². The summed E-state index contributed by atoms with van der Waals surface area (Å²) < 4.78 is 11.1. The third-order valence-electron chi connectivity index (χ3n) is 5.89. The fourth-order valence-electron chi connectivity index (χ4n) is 5.49. The SMILES string of the molecule is CC1(C)C[C@@H]2C[C@@](C)(C[NH+]2CC(=O)Nc2ccc3c(c2)OCCO3)C1. The van der Waals surface area contributed by atoms with Crippen LogP contribution in [0.2, 0.25) is 0 Å². The molecule has 4 rings (SSSR count). The predicted octanol–water partition coefficient (Wildman–Crippen LogP) is 1.88. The molecule has 1 amide bonds. The molecular formula is C20H29N2O3+. The second kappa shape index (κ2) is 5.90. The number of hydrogen-bond acceptors (Lipinski definition) is 3. The number of ether oxygens (including phenoxy) is 2. The quantitative estimate of drug-likeness (QED) is 0.879. The van der Waals surface area contributed by atoms with E-state index in [1.54, 1.807) is 0 Å². The summed E-state index contributed by atoms with van der Waals surface area (Å²) in [5.41, 5.74) is 1.56. The molecule has 5 nitrogen and oxygen atoms in total. The van der Waals surface area contributed by atoms with Crippen LogP contribution in [0.1, 0.15) is 40.0 Å². The monoisotopic (exact) mass is 345 g/mol. The molecule has 2 bridgehead atoms. The largest absolute Gasteiger partial charge is 0.486 e. The van der Waals surface area contributed by atoms with E-state index in [1.165, 1.54) is 24.2 Å². The topological polar surface area (TPSA) is 52.0 Å². The number of quaternary nitrogens is 1. The highest BCUT2D eigenvalue weighted by atomic mass is 16.6. The maximum atomic E-state index is 12.6. The molecule has 0 radical (unpaired) electrons. The van der Waals surface area contributed by atoms with E-state index >= 15 is 0 Å². The second-order valence-electron chi connectivity index (χ2n) is 9.18. The Kier molecular flexibility index (Phi) is 3.95. The van der Waals surface area contributed by atoms with E-state index in [0.717, 1.165) is 18.0 Å². The van der Waals surface area contributed by atoms with E-state index in [0.29, 0.717) is 42.4 Å². The van der Waals surface area contributed by atoms with Crippen LogP contribution in [0, 0.1) is 10.8 Å². The first-order valence-corrected chi connectivity index (χ1v) is 9.36. The molecule has 1 aromatic carbocycles. The van der Waals surface area contributed by atoms with Crippen molar-refractivity contribution >= 4 is 11.6 Å². The minimum absolute atomic E-state index is 0.0839. The Morgan fingerprint density at radius 1 is 1.20 bits per heavy atom. The number of rotatable bonds is 3. The van der Waals surface area contributed by atoms with Crippen LogP contribution in [-0.4, -0.2) is 38.3 Å². The van der Waals surface area contributed by atoms with Crippen molar-refractivity contribution in [1.82, 2.24) is 0 Å². The van der Waals surface area contributed by atoms with Crippen LogP contribution >= 0.6 is 0 Å². The fourth-order valence-corrected chi connectivity index (χ4v) is 5.49. The summed E-state index contributed by atoms with van der Waals surface area (Å²) in [6.45, 7) is 9.92. The number of anilines is 1. The number of likely N-dealkylation sites (tertiary alicyclic amines) is 1. The highest BCUT2D eigenvalue weighted by Crippen LogP contribution is 2.47. The molecule has 3 atom stereocenters. The first kappa shape index (κ1) is 16.7. The molecule has 1 unspecified atom stereocenters. The molecule has 2 aliphatic heterocycles. The van der Waals surface area contributed by atoms with E-state index in [9.17, 15) is 4.79 Å². The highest BCUT2D eigenvalue weighted by Gasteiger charge is 2.53. The van der Waals surface area contributed by atoms with Gasteiger partial charge in [-0.3, -0.25) is 4.79 Å². The molecule has 2 heterocycles. The molecular weight excluding hydrogens is 316 g/mol. The second-order valence-corrected chi connectivity index (χ2v) is 9.18. The van der Waals surface area contributed by atoms with Crippen molar-refractivity contribution in [3.8, 4) is 11.5 Å². The van der Waals surface area contributed by atoms with Gasteiger partial charge in [0.05, 0.1) is 12.6 Å². The van der Waals surface area contributed by atoms with E-state index in [-0.39, 0.29) is 5.91 Å². The van der Waals surface area contributed by atoms with Gasteiger partial charge in [0, 0.05) is 30.0 Å². The van der Waals surface area contributed by atoms with Gasteiger partial charge in [-0.25, -0.2) is 0 Å². The molecule has 0 spiro atoms. The lowest BCUT2D eigenvalue weighted by Gasteiger charge is -2.37. The molecule has 2 N–H and O–H groups in total. The van der Waals surface area contributed by atoms with Crippen LogP contribution in [0.5, 0.6) is 11.5 Å². The van der Waals surface area contributed by atoms with E-state index < -0.39 is 0 Å². The third kappa shape index (κ3) is 3.47. The minimum Gasteiger partial charge on any atom is -0.486 e. The zero-order chi connectivity index (χ0) is 17.7. The summed E-state index contributed by atoms with van der Waals surface area (Å²) in [6.07, 6.45) is 3.74. The molecule has 1 aromatic rings.